The SMILES string of the molecule is CC(C)[C@H](N)C(=O)NCC(O)COc1ccc(F)cc1. The van der Waals surface area contributed by atoms with Crippen LogP contribution >= 0.6 is 0 Å². The van der Waals surface area contributed by atoms with Crippen LogP contribution in [0.4, 0.5) is 4.39 Å². The fourth-order valence-electron chi connectivity index (χ4n) is 1.42. The lowest BCUT2D eigenvalue weighted by atomic mass is 10.1. The number of carbonyl (C=O) groups excluding carboxylic acids is 1. The third kappa shape index (κ3) is 5.54. The van der Waals surface area contributed by atoms with Gasteiger partial charge in [0.2, 0.25) is 5.91 Å². The molecule has 0 bridgehead atoms. The Kier molecular flexibility index (Phi) is 6.41. The van der Waals surface area contributed by atoms with Gasteiger partial charge in [-0.3, -0.25) is 4.79 Å². The lowest BCUT2D eigenvalue weighted by Gasteiger charge is -2.17. The van der Waals surface area contributed by atoms with E-state index in [0.717, 1.165) is 0 Å². The fraction of sp³-hybridized carbons (Fsp3) is 0.500. The summed E-state index contributed by atoms with van der Waals surface area (Å²) in [4.78, 5) is 11.6. The summed E-state index contributed by atoms with van der Waals surface area (Å²) in [6.07, 6.45) is -0.858. The predicted molar refractivity (Wildman–Crippen MR) is 73.7 cm³/mol. The number of hydrogen-bond donors (Lipinski definition) is 3. The van der Waals surface area contributed by atoms with Gasteiger partial charge in [-0.25, -0.2) is 4.39 Å². The van der Waals surface area contributed by atoms with E-state index < -0.39 is 12.1 Å². The second kappa shape index (κ2) is 7.81. The molecule has 0 fully saturated rings. The maximum atomic E-state index is 12.7. The summed E-state index contributed by atoms with van der Waals surface area (Å²) in [6, 6.07) is 4.88. The Hall–Kier alpha value is -1.66. The van der Waals surface area contributed by atoms with Crippen LogP contribution < -0.4 is 15.8 Å². The van der Waals surface area contributed by atoms with Crippen molar-refractivity contribution in [2.75, 3.05) is 13.2 Å². The van der Waals surface area contributed by atoms with Crippen LogP contribution in [0.25, 0.3) is 0 Å². The van der Waals surface area contributed by atoms with Crippen molar-refractivity contribution in [3.63, 3.8) is 0 Å². The smallest absolute Gasteiger partial charge is 0.237 e. The zero-order valence-corrected chi connectivity index (χ0v) is 11.7. The molecule has 0 aliphatic heterocycles. The number of aliphatic hydroxyl groups is 1. The van der Waals surface area contributed by atoms with Gasteiger partial charge in [-0.1, -0.05) is 13.8 Å². The van der Waals surface area contributed by atoms with Gasteiger partial charge in [0.25, 0.3) is 0 Å². The number of aliphatic hydroxyl groups excluding tert-OH is 1. The van der Waals surface area contributed by atoms with Crippen LogP contribution in [0, 0.1) is 11.7 Å². The van der Waals surface area contributed by atoms with E-state index >= 15 is 0 Å². The molecule has 6 heteroatoms. The Morgan fingerprint density at radius 2 is 2.00 bits per heavy atom. The van der Waals surface area contributed by atoms with Crippen molar-refractivity contribution in [3.05, 3.63) is 30.1 Å². The van der Waals surface area contributed by atoms with Crippen molar-refractivity contribution < 1.29 is 19.0 Å². The standard InChI is InChI=1S/C14H21FN2O3/c1-9(2)13(16)14(19)17-7-11(18)8-20-12-5-3-10(15)4-6-12/h3-6,9,11,13,18H,7-8,16H2,1-2H3,(H,17,19)/t11?,13-/m0/s1. The number of carbonyl (C=O) groups is 1. The molecule has 0 saturated carbocycles. The number of benzene rings is 1. The molecule has 1 amide bonds. The first kappa shape index (κ1) is 16.4. The molecule has 112 valence electrons. The molecule has 0 spiro atoms. The minimum Gasteiger partial charge on any atom is -0.491 e. The number of nitrogens with two attached hydrogens (primary N) is 1. The van der Waals surface area contributed by atoms with Crippen LogP contribution in [-0.4, -0.2) is 36.3 Å². The topological polar surface area (TPSA) is 84.6 Å². The molecule has 5 nitrogen and oxygen atoms in total. The van der Waals surface area contributed by atoms with E-state index in [9.17, 15) is 14.3 Å². The lowest BCUT2D eigenvalue weighted by molar-refractivity contribution is -0.123. The minimum absolute atomic E-state index is 0.00281. The first-order chi connectivity index (χ1) is 9.40. The number of ether oxygens (including phenoxy) is 1. The first-order valence-electron chi connectivity index (χ1n) is 6.50. The lowest BCUT2D eigenvalue weighted by Crippen LogP contribution is -2.46. The zero-order chi connectivity index (χ0) is 15.1. The highest BCUT2D eigenvalue weighted by molar-refractivity contribution is 5.81. The Balaban J connectivity index is 2.28. The number of rotatable bonds is 7. The fourth-order valence-corrected chi connectivity index (χ4v) is 1.42. The number of nitrogens with one attached hydrogen (secondary N) is 1. The van der Waals surface area contributed by atoms with Crippen LogP contribution in [0.15, 0.2) is 24.3 Å². The van der Waals surface area contributed by atoms with Gasteiger partial charge in [-0.05, 0) is 30.2 Å². The second-order valence-electron chi connectivity index (χ2n) is 4.93. The van der Waals surface area contributed by atoms with E-state index in [1.807, 2.05) is 13.8 Å². The van der Waals surface area contributed by atoms with E-state index in [4.69, 9.17) is 10.5 Å². The quantitative estimate of drug-likeness (QED) is 0.687. The molecule has 0 aliphatic rings. The molecule has 0 heterocycles. The highest BCUT2D eigenvalue weighted by Gasteiger charge is 2.17. The Bertz CT molecular complexity index is 423. The maximum Gasteiger partial charge on any atom is 0.237 e. The van der Waals surface area contributed by atoms with Gasteiger partial charge in [-0.2, -0.15) is 0 Å². The monoisotopic (exact) mass is 284 g/mol. The van der Waals surface area contributed by atoms with Crippen LogP contribution in [-0.2, 0) is 4.79 Å². The van der Waals surface area contributed by atoms with Crippen molar-refractivity contribution in [2.24, 2.45) is 11.7 Å². The van der Waals surface area contributed by atoms with Crippen LogP contribution in [0.1, 0.15) is 13.8 Å². The van der Waals surface area contributed by atoms with E-state index in [-0.39, 0.29) is 30.8 Å². The number of hydrogen-bond acceptors (Lipinski definition) is 4. The van der Waals surface area contributed by atoms with Gasteiger partial charge < -0.3 is 20.9 Å². The molecular weight excluding hydrogens is 263 g/mol. The predicted octanol–water partition coefficient (Wildman–Crippen LogP) is 0.665. The summed E-state index contributed by atoms with van der Waals surface area (Å²) in [5.74, 6) is -0.174. The zero-order valence-electron chi connectivity index (χ0n) is 11.7. The largest absolute Gasteiger partial charge is 0.491 e. The Labute approximate surface area is 117 Å². The normalized spacial score (nSPS) is 13.9. The highest BCUT2D eigenvalue weighted by atomic mass is 19.1. The Morgan fingerprint density at radius 1 is 1.40 bits per heavy atom. The summed E-state index contributed by atoms with van der Waals surface area (Å²) < 4.78 is 17.9. The van der Waals surface area contributed by atoms with Crippen LogP contribution in [0.2, 0.25) is 0 Å². The molecule has 4 N–H and O–H groups in total. The second-order valence-corrected chi connectivity index (χ2v) is 4.93. The number of halogens is 1. The molecule has 1 unspecified atom stereocenters. The highest BCUT2D eigenvalue weighted by Crippen LogP contribution is 2.11. The summed E-state index contributed by atoms with van der Waals surface area (Å²) in [7, 11) is 0. The van der Waals surface area contributed by atoms with Gasteiger partial charge in [0, 0.05) is 6.54 Å². The van der Waals surface area contributed by atoms with Gasteiger partial charge in [0.05, 0.1) is 6.04 Å². The minimum atomic E-state index is -0.858. The van der Waals surface area contributed by atoms with Crippen LogP contribution in [0.3, 0.4) is 0 Å². The molecule has 0 saturated heterocycles. The van der Waals surface area contributed by atoms with E-state index in [1.165, 1.54) is 24.3 Å². The van der Waals surface area contributed by atoms with Crippen molar-refractivity contribution >= 4 is 5.91 Å². The molecular formula is C14H21FN2O3. The first-order valence-corrected chi connectivity index (χ1v) is 6.50. The third-order valence-electron chi connectivity index (χ3n) is 2.79. The van der Waals surface area contributed by atoms with Crippen molar-refractivity contribution in [3.8, 4) is 5.75 Å². The summed E-state index contributed by atoms with van der Waals surface area (Å²) in [5, 5.41) is 12.2. The maximum absolute atomic E-state index is 12.7. The van der Waals surface area contributed by atoms with Crippen molar-refractivity contribution in [1.29, 1.82) is 0 Å². The van der Waals surface area contributed by atoms with Crippen molar-refractivity contribution in [2.45, 2.75) is 26.0 Å². The van der Waals surface area contributed by atoms with E-state index in [1.54, 1.807) is 0 Å². The average molecular weight is 284 g/mol. The van der Waals surface area contributed by atoms with Crippen molar-refractivity contribution in [1.82, 2.24) is 5.32 Å². The van der Waals surface area contributed by atoms with Crippen LogP contribution in [0.5, 0.6) is 5.75 Å². The van der Waals surface area contributed by atoms with Gasteiger partial charge in [0.15, 0.2) is 0 Å². The summed E-state index contributed by atoms with van der Waals surface area (Å²) >= 11 is 0. The molecule has 1 aromatic rings. The molecule has 1 aromatic carbocycles. The van der Waals surface area contributed by atoms with E-state index in [0.29, 0.717) is 5.75 Å². The molecule has 1 rings (SSSR count). The number of amides is 1. The molecule has 0 aliphatic carbocycles. The average Bonchev–Trinajstić information content (AvgIpc) is 2.43. The third-order valence-corrected chi connectivity index (χ3v) is 2.79. The molecule has 0 radical (unpaired) electrons. The van der Waals surface area contributed by atoms with E-state index in [2.05, 4.69) is 5.32 Å². The van der Waals surface area contributed by atoms with Gasteiger partial charge in [0.1, 0.15) is 24.3 Å². The summed E-state index contributed by atoms with van der Waals surface area (Å²) in [5.41, 5.74) is 5.66. The van der Waals surface area contributed by atoms with Gasteiger partial charge in [-0.15, -0.1) is 0 Å². The Morgan fingerprint density at radius 3 is 2.55 bits per heavy atom. The summed E-state index contributed by atoms with van der Waals surface area (Å²) in [6.45, 7) is 3.75. The van der Waals surface area contributed by atoms with Gasteiger partial charge >= 0.3 is 0 Å². The molecule has 0 aromatic heterocycles. The molecule has 2 atom stereocenters. The molecule has 20 heavy (non-hydrogen) atoms.